The zero-order valence-electron chi connectivity index (χ0n) is 11.7. The Labute approximate surface area is 124 Å². The smallest absolute Gasteiger partial charge is 0.0356 e. The summed E-state index contributed by atoms with van der Waals surface area (Å²) in [6.45, 7) is 0. The first-order chi connectivity index (χ1) is 10.1. The molecule has 105 valence electrons. The molecule has 0 amide bonds. The van der Waals surface area contributed by atoms with Crippen molar-refractivity contribution in [2.45, 2.75) is 6.42 Å². The van der Waals surface area contributed by atoms with Crippen LogP contribution in [-0.2, 0) is 0 Å². The third-order valence-electron chi connectivity index (χ3n) is 3.64. The maximum Gasteiger partial charge on any atom is 0.0356 e. The fourth-order valence-corrected chi connectivity index (χ4v) is 2.56. The third kappa shape index (κ3) is 2.63. The van der Waals surface area contributed by atoms with Crippen molar-refractivity contribution in [2.75, 3.05) is 11.5 Å². The highest BCUT2D eigenvalue weighted by atomic mass is 14.6. The van der Waals surface area contributed by atoms with Crippen molar-refractivity contribution in [3.05, 3.63) is 77.9 Å². The highest BCUT2D eigenvalue weighted by Crippen LogP contribution is 2.36. The summed E-state index contributed by atoms with van der Waals surface area (Å²) in [5.41, 5.74) is 24.5. The van der Waals surface area contributed by atoms with Crippen LogP contribution in [0.15, 0.2) is 60.3 Å². The molecule has 3 heteroatoms. The molecule has 0 saturated carbocycles. The summed E-state index contributed by atoms with van der Waals surface area (Å²) in [4.78, 5) is 0. The van der Waals surface area contributed by atoms with E-state index >= 15 is 0 Å². The van der Waals surface area contributed by atoms with Crippen LogP contribution in [0, 0.1) is 6.42 Å². The summed E-state index contributed by atoms with van der Waals surface area (Å²) in [7, 11) is 0. The zero-order chi connectivity index (χ0) is 14.8. The van der Waals surface area contributed by atoms with Crippen molar-refractivity contribution in [1.82, 2.24) is 0 Å². The molecule has 2 aromatic carbocycles. The highest BCUT2D eigenvalue weighted by Gasteiger charge is 2.17. The van der Waals surface area contributed by atoms with Gasteiger partial charge in [-0.1, -0.05) is 30.3 Å². The molecule has 0 fully saturated rings. The molecule has 0 saturated heterocycles. The van der Waals surface area contributed by atoms with Crippen LogP contribution < -0.4 is 17.2 Å². The van der Waals surface area contributed by atoms with E-state index in [0.29, 0.717) is 0 Å². The van der Waals surface area contributed by atoms with E-state index in [1.54, 1.807) is 0 Å². The Bertz CT molecular complexity index is 707. The molecule has 3 nitrogen and oxygen atoms in total. The minimum absolute atomic E-state index is 0.746. The van der Waals surface area contributed by atoms with E-state index in [1.807, 2.05) is 54.6 Å². The van der Waals surface area contributed by atoms with Crippen LogP contribution in [0.25, 0.3) is 11.1 Å². The number of nitrogens with two attached hydrogens (primary N) is 3. The molecule has 2 aromatic rings. The molecular formula is C18H18N3. The molecule has 0 aromatic heterocycles. The number of benzene rings is 2. The fraction of sp³-hybridized carbons (Fsp3) is 0.0556. The Morgan fingerprint density at radius 1 is 0.667 bits per heavy atom. The molecule has 0 heterocycles. The van der Waals surface area contributed by atoms with Gasteiger partial charge >= 0.3 is 0 Å². The van der Waals surface area contributed by atoms with E-state index in [0.717, 1.165) is 45.8 Å². The lowest BCUT2D eigenvalue weighted by Crippen LogP contribution is -2.08. The Balaban J connectivity index is 2.15. The van der Waals surface area contributed by atoms with Crippen LogP contribution >= 0.6 is 0 Å². The van der Waals surface area contributed by atoms with E-state index in [4.69, 9.17) is 17.2 Å². The maximum atomic E-state index is 6.23. The summed E-state index contributed by atoms with van der Waals surface area (Å²) in [6, 6.07) is 15.7. The van der Waals surface area contributed by atoms with E-state index in [1.165, 1.54) is 0 Å². The Morgan fingerprint density at radius 3 is 1.76 bits per heavy atom. The maximum absolute atomic E-state index is 6.23. The molecule has 1 radical (unpaired) electrons. The van der Waals surface area contributed by atoms with Gasteiger partial charge in [0, 0.05) is 22.6 Å². The highest BCUT2D eigenvalue weighted by molar-refractivity contribution is 6.02. The van der Waals surface area contributed by atoms with Crippen LogP contribution in [-0.4, -0.2) is 0 Å². The summed E-state index contributed by atoms with van der Waals surface area (Å²) in [6.07, 6.45) is 5.06. The van der Waals surface area contributed by atoms with Gasteiger partial charge in [0.05, 0.1) is 0 Å². The second-order valence-corrected chi connectivity index (χ2v) is 5.13. The van der Waals surface area contributed by atoms with Crippen LogP contribution in [0.4, 0.5) is 11.4 Å². The van der Waals surface area contributed by atoms with Crippen LogP contribution in [0.1, 0.15) is 17.5 Å². The molecule has 21 heavy (non-hydrogen) atoms. The summed E-state index contributed by atoms with van der Waals surface area (Å²) >= 11 is 0. The predicted octanol–water partition coefficient (Wildman–Crippen LogP) is 3.21. The summed E-state index contributed by atoms with van der Waals surface area (Å²) in [5, 5.41) is 0. The van der Waals surface area contributed by atoms with Gasteiger partial charge in [-0.2, -0.15) is 0 Å². The number of anilines is 2. The average molecular weight is 276 g/mol. The number of nitrogen functional groups attached to an aromatic ring is 2. The lowest BCUT2D eigenvalue weighted by Gasteiger charge is -2.20. The van der Waals surface area contributed by atoms with Crippen LogP contribution in [0.3, 0.4) is 0 Å². The van der Waals surface area contributed by atoms with Crippen molar-refractivity contribution in [3.8, 4) is 0 Å². The molecule has 0 aliphatic heterocycles. The van der Waals surface area contributed by atoms with E-state index in [-0.39, 0.29) is 0 Å². The van der Waals surface area contributed by atoms with Crippen molar-refractivity contribution in [3.63, 3.8) is 0 Å². The van der Waals surface area contributed by atoms with Gasteiger partial charge in [-0.05, 0) is 53.8 Å². The first kappa shape index (κ1) is 13.3. The SMILES string of the molecule is NC1=CC[CH]C(c2ccc(N)cc2)=C1c1ccc(N)cc1. The van der Waals surface area contributed by atoms with Gasteiger partial charge in [-0.3, -0.25) is 0 Å². The minimum Gasteiger partial charge on any atom is -0.399 e. The lowest BCUT2D eigenvalue weighted by atomic mass is 9.86. The third-order valence-corrected chi connectivity index (χ3v) is 3.64. The predicted molar refractivity (Wildman–Crippen MR) is 89.7 cm³/mol. The first-order valence-corrected chi connectivity index (χ1v) is 6.90. The van der Waals surface area contributed by atoms with Crippen LogP contribution in [0.2, 0.25) is 0 Å². The quantitative estimate of drug-likeness (QED) is 0.737. The Morgan fingerprint density at radius 2 is 1.19 bits per heavy atom. The minimum atomic E-state index is 0.746. The zero-order valence-corrected chi connectivity index (χ0v) is 11.7. The fourth-order valence-electron chi connectivity index (χ4n) is 2.56. The average Bonchev–Trinajstić information content (AvgIpc) is 2.49. The van der Waals surface area contributed by atoms with Gasteiger partial charge in [-0.25, -0.2) is 0 Å². The largest absolute Gasteiger partial charge is 0.399 e. The van der Waals surface area contributed by atoms with E-state index in [9.17, 15) is 0 Å². The monoisotopic (exact) mass is 276 g/mol. The molecule has 3 rings (SSSR count). The van der Waals surface area contributed by atoms with Gasteiger partial charge < -0.3 is 17.2 Å². The van der Waals surface area contributed by atoms with Crippen molar-refractivity contribution in [2.24, 2.45) is 5.73 Å². The molecule has 1 aliphatic carbocycles. The van der Waals surface area contributed by atoms with Gasteiger partial charge in [-0.15, -0.1) is 0 Å². The van der Waals surface area contributed by atoms with Crippen molar-refractivity contribution in [1.29, 1.82) is 0 Å². The van der Waals surface area contributed by atoms with Gasteiger partial charge in [0.25, 0.3) is 0 Å². The Hall–Kier alpha value is -2.68. The summed E-state index contributed by atoms with van der Waals surface area (Å²) < 4.78 is 0. The summed E-state index contributed by atoms with van der Waals surface area (Å²) in [5.74, 6) is 0. The number of allylic oxidation sites excluding steroid dienone is 3. The topological polar surface area (TPSA) is 78.1 Å². The first-order valence-electron chi connectivity index (χ1n) is 6.90. The molecular weight excluding hydrogens is 258 g/mol. The van der Waals surface area contributed by atoms with Gasteiger partial charge in [0.2, 0.25) is 0 Å². The van der Waals surface area contributed by atoms with Crippen LogP contribution in [0.5, 0.6) is 0 Å². The molecule has 0 spiro atoms. The standard InChI is InChI=1S/C18H18N3/c19-14-8-4-12(5-9-14)16-2-1-3-17(21)18(16)13-6-10-15(20)11-7-13/h2-11H,1,19-21H2. The normalized spacial score (nSPS) is 15.0. The van der Waals surface area contributed by atoms with E-state index < -0.39 is 0 Å². The number of hydrogen-bond acceptors (Lipinski definition) is 3. The number of hydrogen-bond donors (Lipinski definition) is 3. The molecule has 0 bridgehead atoms. The van der Waals surface area contributed by atoms with Crippen molar-refractivity contribution < 1.29 is 0 Å². The molecule has 1 aliphatic rings. The number of rotatable bonds is 2. The van der Waals surface area contributed by atoms with Crippen molar-refractivity contribution >= 4 is 22.5 Å². The molecule has 0 atom stereocenters. The Kier molecular flexibility index (Phi) is 3.40. The lowest BCUT2D eigenvalue weighted by molar-refractivity contribution is 1.21. The van der Waals surface area contributed by atoms with E-state index in [2.05, 4.69) is 6.42 Å². The second-order valence-electron chi connectivity index (χ2n) is 5.13. The molecule has 0 unspecified atom stereocenters. The second kappa shape index (κ2) is 5.37. The molecule has 6 N–H and O–H groups in total. The van der Waals surface area contributed by atoms with Gasteiger partial charge in [0.15, 0.2) is 0 Å². The van der Waals surface area contributed by atoms with Gasteiger partial charge in [0.1, 0.15) is 0 Å².